The fourth-order valence-electron chi connectivity index (χ4n) is 4.85. The number of fused-ring (bicyclic) bond motifs is 1. The molecule has 5 nitrogen and oxygen atoms in total. The molecule has 0 saturated heterocycles. The van der Waals surface area contributed by atoms with Gasteiger partial charge >= 0.3 is 5.97 Å². The van der Waals surface area contributed by atoms with E-state index in [0.29, 0.717) is 21.2 Å². The molecule has 0 aliphatic rings. The maximum atomic E-state index is 12.5. The van der Waals surface area contributed by atoms with Gasteiger partial charge < -0.3 is 10.4 Å². The predicted octanol–water partition coefficient (Wildman–Crippen LogP) is 8.00. The van der Waals surface area contributed by atoms with Crippen LogP contribution in [0.25, 0.3) is 10.1 Å². The Kier molecular flexibility index (Phi) is 9.06. The van der Waals surface area contributed by atoms with Crippen LogP contribution in [-0.4, -0.2) is 23.5 Å². The first-order valence-corrected chi connectivity index (χ1v) is 13.9. The molecule has 194 valence electrons. The second kappa shape index (κ2) is 12.4. The normalized spacial score (nSPS) is 12.6. The first-order valence-electron chi connectivity index (χ1n) is 12.3. The van der Waals surface area contributed by atoms with Gasteiger partial charge in [-0.15, -0.1) is 11.3 Å². The lowest BCUT2D eigenvalue weighted by Gasteiger charge is -2.29. The largest absolute Gasteiger partial charge is 0.481 e. The van der Waals surface area contributed by atoms with Gasteiger partial charge in [0.25, 0.3) is 5.91 Å². The number of nitrogens with zero attached hydrogens (tertiary/aromatic N) is 1. The molecule has 4 rings (SSSR count). The van der Waals surface area contributed by atoms with Crippen LogP contribution in [0, 0.1) is 11.3 Å². The van der Waals surface area contributed by atoms with Crippen LogP contribution in [0.4, 0.5) is 0 Å². The summed E-state index contributed by atoms with van der Waals surface area (Å²) in [7, 11) is 0. The predicted molar refractivity (Wildman–Crippen MR) is 154 cm³/mol. The number of nitrogens with one attached hydrogen (secondary N) is 1. The third kappa shape index (κ3) is 6.19. The third-order valence-corrected chi connectivity index (χ3v) is 8.10. The van der Waals surface area contributed by atoms with Gasteiger partial charge in [-0.3, -0.25) is 9.59 Å². The molecule has 0 radical (unpaired) electrons. The van der Waals surface area contributed by atoms with Crippen LogP contribution in [0.5, 0.6) is 0 Å². The van der Waals surface area contributed by atoms with Crippen molar-refractivity contribution in [3.63, 3.8) is 0 Å². The van der Waals surface area contributed by atoms with Gasteiger partial charge in [-0.2, -0.15) is 5.26 Å². The van der Waals surface area contributed by atoms with E-state index in [-0.39, 0.29) is 30.7 Å². The number of amides is 1. The Morgan fingerprint density at radius 1 is 1.03 bits per heavy atom. The highest BCUT2D eigenvalue weighted by atomic mass is 35.5. The summed E-state index contributed by atoms with van der Waals surface area (Å²) < 4.78 is 0.912. The van der Waals surface area contributed by atoms with Crippen LogP contribution < -0.4 is 5.32 Å². The molecule has 0 spiro atoms. The molecule has 1 aromatic heterocycles. The number of carboxylic acids is 1. The molecule has 3 aromatic carbocycles. The minimum absolute atomic E-state index is 0.0405. The molecule has 8 heteroatoms. The van der Waals surface area contributed by atoms with Crippen molar-refractivity contribution in [1.82, 2.24) is 5.32 Å². The van der Waals surface area contributed by atoms with Crippen molar-refractivity contribution in [2.45, 2.75) is 38.0 Å². The second-order valence-corrected chi connectivity index (χ2v) is 10.8. The number of hydrogen-bond donors (Lipinski definition) is 2. The number of carbonyl (C=O) groups is 2. The third-order valence-electron chi connectivity index (χ3n) is 6.58. The Balaban J connectivity index is 1.78. The highest BCUT2D eigenvalue weighted by Crippen LogP contribution is 2.46. The zero-order valence-electron chi connectivity index (χ0n) is 20.7. The number of carboxylic acid groups (broad SMARTS) is 1. The summed E-state index contributed by atoms with van der Waals surface area (Å²) in [6.45, 7) is 2.22. The van der Waals surface area contributed by atoms with Crippen molar-refractivity contribution in [2.24, 2.45) is 0 Å². The number of rotatable bonds is 10. The highest BCUT2D eigenvalue weighted by molar-refractivity contribution is 7.17. The van der Waals surface area contributed by atoms with Crippen LogP contribution in [0.2, 0.25) is 10.0 Å². The van der Waals surface area contributed by atoms with Gasteiger partial charge in [0.05, 0.1) is 16.7 Å². The van der Waals surface area contributed by atoms with Gasteiger partial charge in [-0.05, 0) is 76.2 Å². The fourth-order valence-corrected chi connectivity index (χ4v) is 6.24. The summed E-state index contributed by atoms with van der Waals surface area (Å²) in [6, 6.07) is 21.3. The quantitative estimate of drug-likeness (QED) is 0.204. The molecule has 4 aromatic rings. The summed E-state index contributed by atoms with van der Waals surface area (Å²) in [5.74, 6) is -1.23. The van der Waals surface area contributed by atoms with Crippen LogP contribution >= 0.6 is 34.5 Å². The number of nitriles is 1. The number of benzene rings is 3. The molecule has 0 fully saturated rings. The first kappa shape index (κ1) is 27.7. The van der Waals surface area contributed by atoms with Gasteiger partial charge in [0.1, 0.15) is 6.07 Å². The topological polar surface area (TPSA) is 90.2 Å². The van der Waals surface area contributed by atoms with Gasteiger partial charge in [0.15, 0.2) is 0 Å². The zero-order valence-corrected chi connectivity index (χ0v) is 23.0. The number of carbonyl (C=O) groups excluding carboxylic acids is 1. The average molecular weight is 566 g/mol. The lowest BCUT2D eigenvalue weighted by molar-refractivity contribution is -0.136. The van der Waals surface area contributed by atoms with E-state index in [0.717, 1.165) is 39.6 Å². The highest BCUT2D eigenvalue weighted by Gasteiger charge is 2.29. The van der Waals surface area contributed by atoms with E-state index in [1.54, 1.807) is 29.5 Å². The first-order chi connectivity index (χ1) is 18.3. The van der Waals surface area contributed by atoms with Crippen molar-refractivity contribution in [1.29, 1.82) is 5.26 Å². The molecule has 0 aliphatic heterocycles. The molecular formula is C30H26Cl2N2O3S. The Labute approximate surface area is 235 Å². The Morgan fingerprint density at radius 2 is 1.71 bits per heavy atom. The summed E-state index contributed by atoms with van der Waals surface area (Å²) in [5, 5.41) is 25.4. The minimum atomic E-state index is -0.958. The van der Waals surface area contributed by atoms with Gasteiger partial charge in [0, 0.05) is 28.1 Å². The second-order valence-electron chi connectivity index (χ2n) is 9.08. The molecule has 0 aliphatic carbocycles. The van der Waals surface area contributed by atoms with Crippen molar-refractivity contribution in [3.05, 3.63) is 104 Å². The van der Waals surface area contributed by atoms with Crippen LogP contribution in [-0.2, 0) is 4.79 Å². The molecule has 1 heterocycles. The van der Waals surface area contributed by atoms with Gasteiger partial charge in [-0.25, -0.2) is 0 Å². The maximum Gasteiger partial charge on any atom is 0.305 e. The van der Waals surface area contributed by atoms with Crippen LogP contribution in [0.15, 0.2) is 66.0 Å². The van der Waals surface area contributed by atoms with E-state index < -0.39 is 5.97 Å². The minimum Gasteiger partial charge on any atom is -0.481 e. The summed E-state index contributed by atoms with van der Waals surface area (Å²) in [5.41, 5.74) is 4.31. The summed E-state index contributed by atoms with van der Waals surface area (Å²) in [6.07, 6.45) is 1.70. The van der Waals surface area contributed by atoms with E-state index in [1.807, 2.05) is 42.5 Å². The lowest BCUT2D eigenvalue weighted by Crippen LogP contribution is -2.26. The van der Waals surface area contributed by atoms with Crippen LogP contribution in [0.1, 0.15) is 70.6 Å². The summed E-state index contributed by atoms with van der Waals surface area (Å²) >= 11 is 14.2. The molecule has 0 bridgehead atoms. The number of aliphatic carboxylic acids is 1. The number of hydrogen-bond acceptors (Lipinski definition) is 4. The van der Waals surface area contributed by atoms with Crippen molar-refractivity contribution >= 4 is 56.5 Å². The van der Waals surface area contributed by atoms with Gasteiger partial charge in [0.2, 0.25) is 0 Å². The lowest BCUT2D eigenvalue weighted by atomic mass is 9.75. The molecule has 0 saturated carbocycles. The van der Waals surface area contributed by atoms with Crippen LogP contribution in [0.3, 0.4) is 0 Å². The molecule has 2 atom stereocenters. The Morgan fingerprint density at radius 3 is 2.34 bits per heavy atom. The molecule has 2 unspecified atom stereocenters. The molecular weight excluding hydrogens is 539 g/mol. The van der Waals surface area contributed by atoms with Crippen molar-refractivity contribution < 1.29 is 14.7 Å². The molecule has 1 amide bonds. The zero-order chi connectivity index (χ0) is 27.2. The maximum absolute atomic E-state index is 12.5. The van der Waals surface area contributed by atoms with E-state index in [1.165, 1.54) is 0 Å². The molecule has 2 N–H and O–H groups in total. The number of halogens is 2. The van der Waals surface area contributed by atoms with Crippen molar-refractivity contribution in [3.8, 4) is 6.07 Å². The number of thiophene rings is 1. The standard InChI is InChI=1S/C30H26Cl2N2O3S/c1-2-3-24(18-4-6-20(7-5-18)30(37)34-13-12-27(35)36)28(19-8-10-22(31)11-9-19)26-17-38-29-21(16-33)14-23(32)15-25(26)29/h4-11,14-15,17,24,28H,2-3,12-13H2,1H3,(H,34,37)(H,35,36). The Bertz CT molecular complexity index is 1490. The van der Waals surface area contributed by atoms with E-state index in [2.05, 4.69) is 23.7 Å². The van der Waals surface area contributed by atoms with Crippen molar-refractivity contribution in [2.75, 3.05) is 6.54 Å². The SMILES string of the molecule is CCCC(c1ccc(C(=O)NCCC(=O)O)cc1)C(c1ccc(Cl)cc1)c1csc2c(C#N)cc(Cl)cc12. The van der Waals surface area contributed by atoms with Gasteiger partial charge in [-0.1, -0.05) is 60.8 Å². The monoisotopic (exact) mass is 564 g/mol. The smallest absolute Gasteiger partial charge is 0.305 e. The van der Waals surface area contributed by atoms with E-state index >= 15 is 0 Å². The average Bonchev–Trinajstić information content (AvgIpc) is 3.32. The van der Waals surface area contributed by atoms with E-state index in [4.69, 9.17) is 28.3 Å². The summed E-state index contributed by atoms with van der Waals surface area (Å²) in [4.78, 5) is 23.2. The fraction of sp³-hybridized carbons (Fsp3) is 0.233. The Hall–Kier alpha value is -3.37. The molecule has 38 heavy (non-hydrogen) atoms. The van der Waals surface area contributed by atoms with E-state index in [9.17, 15) is 14.9 Å².